The SMILES string of the molecule is O=P(O)(O)C(Cl)(Cl)P(=O)(OC1CCCCC1)OC1CCCCC1. The van der Waals surface area contributed by atoms with E-state index in [2.05, 4.69) is 0 Å². The molecule has 0 bridgehead atoms. The summed E-state index contributed by atoms with van der Waals surface area (Å²) in [5, 5.41) is 0. The van der Waals surface area contributed by atoms with Crippen LogP contribution in [0.4, 0.5) is 0 Å². The second kappa shape index (κ2) is 8.05. The minimum atomic E-state index is -5.11. The fourth-order valence-electron chi connectivity index (χ4n) is 3.04. The van der Waals surface area contributed by atoms with Crippen molar-refractivity contribution in [1.82, 2.24) is 0 Å². The van der Waals surface area contributed by atoms with Crippen LogP contribution in [0.5, 0.6) is 0 Å². The molecule has 0 aromatic heterocycles. The van der Waals surface area contributed by atoms with Gasteiger partial charge in [0.05, 0.1) is 12.2 Å². The van der Waals surface area contributed by atoms with E-state index in [1.54, 1.807) is 0 Å². The Morgan fingerprint density at radius 1 is 0.783 bits per heavy atom. The van der Waals surface area contributed by atoms with Gasteiger partial charge in [-0.1, -0.05) is 61.7 Å². The molecule has 10 heteroatoms. The van der Waals surface area contributed by atoms with Gasteiger partial charge >= 0.3 is 19.0 Å². The lowest BCUT2D eigenvalue weighted by Gasteiger charge is -2.36. The lowest BCUT2D eigenvalue weighted by atomic mass is 9.98. The summed E-state index contributed by atoms with van der Waals surface area (Å²) in [4.78, 5) is 18.9. The van der Waals surface area contributed by atoms with Gasteiger partial charge in [-0.2, -0.15) is 0 Å². The highest BCUT2D eigenvalue weighted by Crippen LogP contribution is 2.79. The molecule has 2 saturated carbocycles. The third-order valence-corrected chi connectivity index (χ3v) is 11.0. The Morgan fingerprint density at radius 2 is 1.13 bits per heavy atom. The highest BCUT2D eigenvalue weighted by Gasteiger charge is 2.63. The largest absolute Gasteiger partial charge is 0.379 e. The lowest BCUT2D eigenvalue weighted by molar-refractivity contribution is 0.0779. The molecule has 6 nitrogen and oxygen atoms in total. The summed E-state index contributed by atoms with van der Waals surface area (Å²) in [6.07, 6.45) is 7.55. The van der Waals surface area contributed by atoms with Crippen LogP contribution in [0.15, 0.2) is 0 Å². The maximum Gasteiger partial charge on any atom is 0.379 e. The van der Waals surface area contributed by atoms with E-state index in [0.717, 1.165) is 38.5 Å². The minimum Gasteiger partial charge on any atom is -0.322 e. The van der Waals surface area contributed by atoms with E-state index in [-0.39, 0.29) is 0 Å². The van der Waals surface area contributed by atoms with Crippen LogP contribution in [-0.4, -0.2) is 25.8 Å². The zero-order chi connectivity index (χ0) is 17.1. The Balaban J connectivity index is 2.21. The summed E-state index contributed by atoms with van der Waals surface area (Å²) in [6.45, 7) is 0. The second-order valence-corrected chi connectivity index (χ2v) is 12.9. The molecule has 0 amide bonds. The molecule has 23 heavy (non-hydrogen) atoms. The highest BCUT2D eigenvalue weighted by atomic mass is 35.5. The van der Waals surface area contributed by atoms with Gasteiger partial charge in [0.25, 0.3) is 0 Å². The monoisotopic (exact) mass is 408 g/mol. The third kappa shape index (κ3) is 4.95. The van der Waals surface area contributed by atoms with E-state index in [4.69, 9.17) is 32.2 Å². The molecule has 2 aliphatic rings. The number of alkyl halides is 2. The van der Waals surface area contributed by atoms with Gasteiger partial charge in [-0.3, -0.25) is 9.13 Å². The number of hydrogen-bond acceptors (Lipinski definition) is 4. The predicted molar refractivity (Wildman–Crippen MR) is 90.0 cm³/mol. The molecule has 0 spiro atoms. The number of rotatable bonds is 6. The standard InChI is InChI=1S/C13H24Cl2O6P2/c14-13(15,22(16,17)18)23(19,20-11-7-3-1-4-8-11)21-12-9-5-2-6-10-12/h11-12H,1-10H2,(H2,16,17,18). The van der Waals surface area contributed by atoms with Crippen LogP contribution in [0.2, 0.25) is 0 Å². The average molecular weight is 409 g/mol. The summed E-state index contributed by atoms with van der Waals surface area (Å²) in [5.74, 6) is 0. The molecule has 2 rings (SSSR count). The first kappa shape index (κ1) is 20.2. The van der Waals surface area contributed by atoms with E-state index >= 15 is 0 Å². The van der Waals surface area contributed by atoms with E-state index in [0.29, 0.717) is 25.7 Å². The molecular weight excluding hydrogens is 385 g/mol. The number of hydrogen-bond donors (Lipinski definition) is 2. The maximum atomic E-state index is 13.2. The smallest absolute Gasteiger partial charge is 0.322 e. The highest BCUT2D eigenvalue weighted by molar-refractivity contribution is 7.79. The molecule has 0 unspecified atom stereocenters. The van der Waals surface area contributed by atoms with Crippen molar-refractivity contribution < 1.29 is 28.0 Å². The van der Waals surface area contributed by atoms with Crippen molar-refractivity contribution in [3.63, 3.8) is 0 Å². The van der Waals surface area contributed by atoms with Gasteiger partial charge in [0.15, 0.2) is 0 Å². The lowest BCUT2D eigenvalue weighted by Crippen LogP contribution is -2.27. The molecule has 0 aromatic carbocycles. The Labute approximate surface area is 146 Å². The average Bonchev–Trinajstić information content (AvgIpc) is 2.48. The predicted octanol–water partition coefficient (Wildman–Crippen LogP) is 5.14. The molecule has 2 N–H and O–H groups in total. The molecule has 0 saturated heterocycles. The summed E-state index contributed by atoms with van der Waals surface area (Å²) in [7, 11) is -9.52. The summed E-state index contributed by atoms with van der Waals surface area (Å²) in [5.41, 5.74) is 0. The summed E-state index contributed by atoms with van der Waals surface area (Å²) in [6, 6.07) is 0. The van der Waals surface area contributed by atoms with E-state index in [1.807, 2.05) is 0 Å². The first-order chi connectivity index (χ1) is 10.7. The van der Waals surface area contributed by atoms with Crippen molar-refractivity contribution in [3.8, 4) is 0 Å². The van der Waals surface area contributed by atoms with Gasteiger partial charge < -0.3 is 18.8 Å². The van der Waals surface area contributed by atoms with Crippen LogP contribution < -0.4 is 0 Å². The molecule has 0 heterocycles. The third-order valence-electron chi connectivity index (χ3n) is 4.36. The van der Waals surface area contributed by atoms with Crippen molar-refractivity contribution >= 4 is 38.4 Å². The van der Waals surface area contributed by atoms with Gasteiger partial charge in [-0.25, -0.2) is 0 Å². The Morgan fingerprint density at radius 3 is 1.43 bits per heavy atom. The summed E-state index contributed by atoms with van der Waals surface area (Å²) >= 11 is 11.7. The first-order valence-corrected chi connectivity index (χ1v) is 12.0. The van der Waals surface area contributed by atoms with Crippen molar-refractivity contribution in [3.05, 3.63) is 0 Å². The van der Waals surface area contributed by atoms with Crippen LogP contribution in [0.1, 0.15) is 64.2 Å². The van der Waals surface area contributed by atoms with Crippen LogP contribution in [-0.2, 0) is 18.2 Å². The molecule has 0 aliphatic heterocycles. The maximum absolute atomic E-state index is 13.2. The summed E-state index contributed by atoms with van der Waals surface area (Å²) < 4.78 is 33.1. The topological polar surface area (TPSA) is 93.1 Å². The van der Waals surface area contributed by atoms with Crippen molar-refractivity contribution in [1.29, 1.82) is 0 Å². The van der Waals surface area contributed by atoms with E-state index in [9.17, 15) is 18.9 Å². The Hall–Kier alpha value is 0.880. The fraction of sp³-hybridized carbons (Fsp3) is 1.00. The number of halogens is 2. The zero-order valence-corrected chi connectivity index (χ0v) is 16.2. The molecule has 136 valence electrons. The van der Waals surface area contributed by atoms with Crippen molar-refractivity contribution in [2.24, 2.45) is 0 Å². The molecular formula is C13H24Cl2O6P2. The van der Waals surface area contributed by atoms with Crippen LogP contribution in [0.25, 0.3) is 0 Å². The second-order valence-electron chi connectivity index (χ2n) is 6.28. The van der Waals surface area contributed by atoms with Gasteiger partial charge in [-0.15, -0.1) is 0 Å². The minimum absolute atomic E-state index is 0.401. The van der Waals surface area contributed by atoms with Gasteiger partial charge in [0.1, 0.15) is 0 Å². The molecule has 0 atom stereocenters. The van der Waals surface area contributed by atoms with Crippen LogP contribution in [0.3, 0.4) is 0 Å². The Bertz CT molecular complexity index is 459. The van der Waals surface area contributed by atoms with Crippen molar-refractivity contribution in [2.45, 2.75) is 80.2 Å². The van der Waals surface area contributed by atoms with E-state index < -0.39 is 31.2 Å². The van der Waals surface area contributed by atoms with E-state index in [1.165, 1.54) is 0 Å². The van der Waals surface area contributed by atoms with Crippen LogP contribution in [0, 0.1) is 0 Å². The van der Waals surface area contributed by atoms with Gasteiger partial charge in [-0.05, 0) is 25.7 Å². The Kier molecular flexibility index (Phi) is 7.07. The zero-order valence-electron chi connectivity index (χ0n) is 12.9. The molecule has 2 fully saturated rings. The molecule has 0 aromatic rings. The molecule has 0 radical (unpaired) electrons. The first-order valence-electron chi connectivity index (χ1n) is 8.06. The van der Waals surface area contributed by atoms with Gasteiger partial charge in [0.2, 0.25) is 0 Å². The molecule has 2 aliphatic carbocycles. The van der Waals surface area contributed by atoms with Gasteiger partial charge in [0, 0.05) is 0 Å². The van der Waals surface area contributed by atoms with Crippen molar-refractivity contribution in [2.75, 3.05) is 0 Å². The quantitative estimate of drug-likeness (QED) is 0.466. The normalized spacial score (nSPS) is 23.1. The van der Waals surface area contributed by atoms with Crippen LogP contribution >= 0.6 is 38.4 Å². The fourth-order valence-corrected chi connectivity index (χ4v) is 6.59.